The Balaban J connectivity index is 2.22. The molecule has 0 saturated heterocycles. The number of nitrogens with one attached hydrogen (secondary N) is 1. The zero-order valence-corrected chi connectivity index (χ0v) is 10.5. The molecule has 6 nitrogen and oxygen atoms in total. The van der Waals surface area contributed by atoms with Gasteiger partial charge in [-0.15, -0.1) is 0 Å². The van der Waals surface area contributed by atoms with Gasteiger partial charge in [-0.2, -0.15) is 0 Å². The molecule has 19 heavy (non-hydrogen) atoms. The smallest absolute Gasteiger partial charge is 0.285 e. The second kappa shape index (κ2) is 5.53. The summed E-state index contributed by atoms with van der Waals surface area (Å²) in [4.78, 5) is 10.1. The van der Waals surface area contributed by atoms with Gasteiger partial charge in [0.25, 0.3) is 11.5 Å². The first-order valence-electron chi connectivity index (χ1n) is 5.43. The lowest BCUT2D eigenvalue weighted by Gasteiger charge is -2.10. The maximum Gasteiger partial charge on any atom is 0.285 e. The monoisotopic (exact) mass is 279 g/mol. The summed E-state index contributed by atoms with van der Waals surface area (Å²) >= 11 is 5.65. The predicted molar refractivity (Wildman–Crippen MR) is 70.8 cm³/mol. The Kier molecular flexibility index (Phi) is 3.82. The van der Waals surface area contributed by atoms with Crippen molar-refractivity contribution in [3.8, 4) is 0 Å². The van der Waals surface area contributed by atoms with E-state index < -0.39 is 4.92 Å². The van der Waals surface area contributed by atoms with Crippen molar-refractivity contribution in [1.29, 1.82) is 0 Å². The van der Waals surface area contributed by atoms with Gasteiger partial charge in [-0.25, -0.2) is 4.73 Å². The van der Waals surface area contributed by atoms with Crippen molar-refractivity contribution in [1.82, 2.24) is 0 Å². The lowest BCUT2D eigenvalue weighted by Crippen LogP contribution is -2.32. The summed E-state index contributed by atoms with van der Waals surface area (Å²) in [6.45, 7) is 0.376. The van der Waals surface area contributed by atoms with Gasteiger partial charge in [-0.1, -0.05) is 30.3 Å². The Labute approximate surface area is 114 Å². The summed E-state index contributed by atoms with van der Waals surface area (Å²) in [5.74, 6) is 0.0445. The molecule has 0 fully saturated rings. The van der Waals surface area contributed by atoms with Gasteiger partial charge >= 0.3 is 0 Å². The molecule has 0 saturated carbocycles. The third-order valence-corrected chi connectivity index (χ3v) is 2.75. The second-order valence-corrected chi connectivity index (χ2v) is 4.20. The van der Waals surface area contributed by atoms with E-state index in [2.05, 4.69) is 5.32 Å². The van der Waals surface area contributed by atoms with E-state index in [9.17, 15) is 15.3 Å². The number of pyridine rings is 1. The Bertz CT molecular complexity index is 605. The van der Waals surface area contributed by atoms with Crippen LogP contribution in [0, 0.1) is 15.3 Å². The van der Waals surface area contributed by atoms with Crippen molar-refractivity contribution in [3.63, 3.8) is 0 Å². The van der Waals surface area contributed by atoms with Crippen LogP contribution < -0.4 is 10.0 Å². The van der Waals surface area contributed by atoms with Crippen LogP contribution in [0.3, 0.4) is 0 Å². The van der Waals surface area contributed by atoms with Crippen molar-refractivity contribution < 1.29 is 9.65 Å². The number of anilines is 1. The topological polar surface area (TPSA) is 82.1 Å². The molecular weight excluding hydrogens is 270 g/mol. The number of nitro groups is 1. The molecule has 0 aliphatic rings. The van der Waals surface area contributed by atoms with Gasteiger partial charge in [0.1, 0.15) is 12.6 Å². The molecule has 98 valence electrons. The lowest BCUT2D eigenvalue weighted by atomic mass is 10.2. The lowest BCUT2D eigenvalue weighted by molar-refractivity contribution is -0.588. The van der Waals surface area contributed by atoms with Gasteiger partial charge in [-0.05, 0) is 17.2 Å². The average molecular weight is 280 g/mol. The summed E-state index contributed by atoms with van der Waals surface area (Å²) in [5, 5.41) is 24.9. The highest BCUT2D eigenvalue weighted by molar-refractivity contribution is 6.28. The van der Waals surface area contributed by atoms with E-state index in [1.54, 1.807) is 0 Å². The SMILES string of the molecule is O=[N+]([O-])c1cc(Cl)[n+]([O-])c(NCc2ccccc2)c1. The van der Waals surface area contributed by atoms with E-state index >= 15 is 0 Å². The van der Waals surface area contributed by atoms with Gasteiger partial charge < -0.3 is 5.21 Å². The van der Waals surface area contributed by atoms with Gasteiger partial charge in [0.15, 0.2) is 0 Å². The first-order valence-corrected chi connectivity index (χ1v) is 5.81. The zero-order valence-electron chi connectivity index (χ0n) is 9.75. The Hall–Kier alpha value is -2.34. The Morgan fingerprint density at radius 2 is 1.95 bits per heavy atom. The number of halogens is 1. The summed E-state index contributed by atoms with van der Waals surface area (Å²) in [6.07, 6.45) is 0. The molecular formula is C12H10ClN3O3. The molecule has 0 atom stereocenters. The van der Waals surface area contributed by atoms with Crippen LogP contribution in [0.25, 0.3) is 0 Å². The van der Waals surface area contributed by atoms with Crippen LogP contribution in [0.1, 0.15) is 5.56 Å². The fourth-order valence-corrected chi connectivity index (χ4v) is 1.76. The second-order valence-electron chi connectivity index (χ2n) is 3.81. The summed E-state index contributed by atoms with van der Waals surface area (Å²) < 4.78 is 0.414. The van der Waals surface area contributed by atoms with Crippen LogP contribution in [0.15, 0.2) is 42.5 Å². The van der Waals surface area contributed by atoms with Crippen molar-refractivity contribution in [2.75, 3.05) is 5.32 Å². The molecule has 1 heterocycles. The van der Waals surface area contributed by atoms with Crippen LogP contribution >= 0.6 is 11.6 Å². The summed E-state index contributed by atoms with van der Waals surface area (Å²) in [6, 6.07) is 11.5. The molecule has 2 rings (SSSR count). The highest BCUT2D eigenvalue weighted by Gasteiger charge is 2.16. The average Bonchev–Trinajstić information content (AvgIpc) is 2.41. The highest BCUT2D eigenvalue weighted by Crippen LogP contribution is 2.19. The van der Waals surface area contributed by atoms with E-state index in [0.29, 0.717) is 11.3 Å². The minimum absolute atomic E-state index is 0.0445. The standard InChI is InChI=1S/C12H10ClN3O3/c13-11-6-10(16(18)19)7-12(15(11)17)14-8-9-4-2-1-3-5-9/h1-7,14H,8H2. The summed E-state index contributed by atoms with van der Waals surface area (Å²) in [5.41, 5.74) is 0.720. The number of aromatic nitrogens is 1. The third-order valence-electron chi connectivity index (χ3n) is 2.49. The maximum atomic E-state index is 11.7. The minimum Gasteiger partial charge on any atom is -0.710 e. The molecule has 0 bridgehead atoms. The van der Waals surface area contributed by atoms with Gasteiger partial charge in [-0.3, -0.25) is 15.4 Å². The van der Waals surface area contributed by atoms with E-state index in [-0.39, 0.29) is 16.7 Å². The van der Waals surface area contributed by atoms with Gasteiger partial charge in [0, 0.05) is 0 Å². The number of hydrogen-bond acceptors (Lipinski definition) is 4. The van der Waals surface area contributed by atoms with Crippen molar-refractivity contribution >= 4 is 23.1 Å². The van der Waals surface area contributed by atoms with Crippen LogP contribution in [0.4, 0.5) is 11.5 Å². The molecule has 1 aromatic heterocycles. The largest absolute Gasteiger partial charge is 0.710 e. The maximum absolute atomic E-state index is 11.7. The van der Waals surface area contributed by atoms with Crippen LogP contribution in [-0.4, -0.2) is 4.92 Å². The molecule has 1 aromatic carbocycles. The zero-order chi connectivity index (χ0) is 13.8. The molecule has 0 spiro atoms. The molecule has 1 N–H and O–H groups in total. The predicted octanol–water partition coefficient (Wildman–Crippen LogP) is 2.49. The number of hydrogen-bond donors (Lipinski definition) is 1. The van der Waals surface area contributed by atoms with Crippen molar-refractivity contribution in [2.45, 2.75) is 6.54 Å². The van der Waals surface area contributed by atoms with Crippen LogP contribution in [0.5, 0.6) is 0 Å². The van der Waals surface area contributed by atoms with Gasteiger partial charge in [0.05, 0.1) is 11.0 Å². The van der Waals surface area contributed by atoms with E-state index in [1.165, 1.54) is 0 Å². The first-order chi connectivity index (χ1) is 9.08. The molecule has 0 aliphatic heterocycles. The summed E-state index contributed by atoms with van der Waals surface area (Å²) in [7, 11) is 0. The van der Waals surface area contributed by atoms with E-state index in [4.69, 9.17) is 11.6 Å². The first kappa shape index (κ1) is 13.1. The third kappa shape index (κ3) is 3.11. The fourth-order valence-electron chi connectivity index (χ4n) is 1.55. The van der Waals surface area contributed by atoms with Crippen molar-refractivity contribution in [3.05, 3.63) is 68.5 Å². The molecule has 0 amide bonds. The van der Waals surface area contributed by atoms with E-state index in [1.807, 2.05) is 30.3 Å². The van der Waals surface area contributed by atoms with Crippen molar-refractivity contribution in [2.24, 2.45) is 0 Å². The number of benzene rings is 1. The fraction of sp³-hybridized carbons (Fsp3) is 0.0833. The quantitative estimate of drug-likeness (QED) is 0.306. The Morgan fingerprint density at radius 1 is 1.26 bits per heavy atom. The van der Waals surface area contributed by atoms with E-state index in [0.717, 1.165) is 17.7 Å². The molecule has 2 aromatic rings. The number of nitrogens with zero attached hydrogens (tertiary/aromatic N) is 2. The molecule has 0 unspecified atom stereocenters. The molecule has 0 aliphatic carbocycles. The number of rotatable bonds is 4. The Morgan fingerprint density at radius 3 is 2.58 bits per heavy atom. The normalized spacial score (nSPS) is 10.2. The minimum atomic E-state index is -0.598. The highest BCUT2D eigenvalue weighted by atomic mass is 35.5. The van der Waals surface area contributed by atoms with Crippen LogP contribution in [0.2, 0.25) is 5.15 Å². The molecule has 7 heteroatoms. The molecule has 0 radical (unpaired) electrons. The van der Waals surface area contributed by atoms with Gasteiger partial charge in [0.2, 0.25) is 5.15 Å². The van der Waals surface area contributed by atoms with Crippen LogP contribution in [-0.2, 0) is 6.54 Å².